The number of carbonyl (C=O) groups is 2. The van der Waals surface area contributed by atoms with E-state index in [1.54, 1.807) is 17.0 Å². The van der Waals surface area contributed by atoms with Crippen LogP contribution in [0.25, 0.3) is 0 Å². The van der Waals surface area contributed by atoms with Gasteiger partial charge >= 0.3 is 5.97 Å². The maximum Gasteiger partial charge on any atom is 0.335 e. The molecule has 30 heavy (non-hydrogen) atoms. The van der Waals surface area contributed by atoms with Gasteiger partial charge in [-0.15, -0.1) is 0 Å². The Morgan fingerprint density at radius 3 is 2.03 bits per heavy atom. The molecule has 3 aromatic carbocycles. The number of hydrogen-bond donors (Lipinski definition) is 1. The molecule has 0 aliphatic carbocycles. The van der Waals surface area contributed by atoms with E-state index in [0.717, 1.165) is 17.2 Å². The van der Waals surface area contributed by atoms with Crippen molar-refractivity contribution in [1.82, 2.24) is 4.90 Å². The first-order chi connectivity index (χ1) is 14.6. The number of aromatic carboxylic acids is 1. The molecule has 1 N–H and O–H groups in total. The van der Waals surface area contributed by atoms with E-state index in [1.165, 1.54) is 12.1 Å². The number of piperazine rings is 1. The first-order valence-electron chi connectivity index (χ1n) is 9.81. The van der Waals surface area contributed by atoms with E-state index in [2.05, 4.69) is 4.90 Å². The number of amides is 1. The van der Waals surface area contributed by atoms with Gasteiger partial charge in [-0.3, -0.25) is 4.79 Å². The van der Waals surface area contributed by atoms with Crippen LogP contribution in [-0.2, 0) is 0 Å². The van der Waals surface area contributed by atoms with E-state index in [9.17, 15) is 9.59 Å². The number of hydrogen-bond acceptors (Lipinski definition) is 4. The summed E-state index contributed by atoms with van der Waals surface area (Å²) < 4.78 is 5.83. The monoisotopic (exact) mass is 402 g/mol. The summed E-state index contributed by atoms with van der Waals surface area (Å²) in [5.41, 5.74) is 1.61. The van der Waals surface area contributed by atoms with Crippen molar-refractivity contribution in [1.29, 1.82) is 0 Å². The highest BCUT2D eigenvalue weighted by molar-refractivity contribution is 5.97. The van der Waals surface area contributed by atoms with Gasteiger partial charge in [-0.1, -0.05) is 24.3 Å². The summed E-state index contributed by atoms with van der Waals surface area (Å²) in [5, 5.41) is 9.12. The van der Waals surface area contributed by atoms with Crippen LogP contribution in [0, 0.1) is 0 Å². The maximum atomic E-state index is 12.7. The molecule has 0 aromatic heterocycles. The van der Waals surface area contributed by atoms with Gasteiger partial charge in [-0.05, 0) is 54.6 Å². The predicted octanol–water partition coefficient (Wildman–Crippen LogP) is 4.14. The van der Waals surface area contributed by atoms with Crippen molar-refractivity contribution >= 4 is 17.6 Å². The van der Waals surface area contributed by atoms with Crippen LogP contribution in [-0.4, -0.2) is 48.1 Å². The van der Waals surface area contributed by atoms with Crippen LogP contribution in [0.2, 0.25) is 0 Å². The molecule has 3 aromatic rings. The van der Waals surface area contributed by atoms with E-state index in [0.29, 0.717) is 31.7 Å². The Hall–Kier alpha value is -3.80. The van der Waals surface area contributed by atoms with Crippen LogP contribution >= 0.6 is 0 Å². The SMILES string of the molecule is O=C(O)c1cccc(C(=O)N2CCN(c3ccc(Oc4ccccc4)cc3)CC2)c1. The van der Waals surface area contributed by atoms with Crippen LogP contribution in [0.1, 0.15) is 20.7 Å². The molecule has 6 heteroatoms. The summed E-state index contributed by atoms with van der Waals surface area (Å²) in [5.74, 6) is 0.403. The summed E-state index contributed by atoms with van der Waals surface area (Å²) in [6.45, 7) is 2.59. The molecule has 0 spiro atoms. The average Bonchev–Trinajstić information content (AvgIpc) is 2.80. The number of carboxylic acid groups (broad SMARTS) is 1. The first-order valence-corrected chi connectivity index (χ1v) is 9.81. The Morgan fingerprint density at radius 2 is 1.37 bits per heavy atom. The molecule has 1 fully saturated rings. The van der Waals surface area contributed by atoms with Crippen molar-refractivity contribution in [2.75, 3.05) is 31.1 Å². The van der Waals surface area contributed by atoms with Gasteiger partial charge in [0.25, 0.3) is 5.91 Å². The van der Waals surface area contributed by atoms with Gasteiger partial charge in [0.2, 0.25) is 0 Å². The molecule has 1 aliphatic rings. The zero-order valence-corrected chi connectivity index (χ0v) is 16.4. The number of nitrogens with zero attached hydrogens (tertiary/aromatic N) is 2. The third-order valence-electron chi connectivity index (χ3n) is 5.10. The Morgan fingerprint density at radius 1 is 0.733 bits per heavy atom. The molecule has 0 radical (unpaired) electrons. The van der Waals surface area contributed by atoms with Crippen molar-refractivity contribution in [3.05, 3.63) is 90.0 Å². The summed E-state index contributed by atoms with van der Waals surface area (Å²) >= 11 is 0. The molecule has 1 aliphatic heterocycles. The van der Waals surface area contributed by atoms with Crippen molar-refractivity contribution in [2.24, 2.45) is 0 Å². The van der Waals surface area contributed by atoms with Gasteiger partial charge in [-0.25, -0.2) is 4.79 Å². The largest absolute Gasteiger partial charge is 0.478 e. The van der Waals surface area contributed by atoms with Crippen molar-refractivity contribution in [3.8, 4) is 11.5 Å². The van der Waals surface area contributed by atoms with E-state index in [4.69, 9.17) is 9.84 Å². The third kappa shape index (κ3) is 4.43. The number of anilines is 1. The van der Waals surface area contributed by atoms with Crippen LogP contribution in [0.5, 0.6) is 11.5 Å². The minimum Gasteiger partial charge on any atom is -0.478 e. The summed E-state index contributed by atoms with van der Waals surface area (Å²) in [7, 11) is 0. The molecule has 0 atom stereocenters. The van der Waals surface area contributed by atoms with Crippen LogP contribution < -0.4 is 9.64 Å². The van der Waals surface area contributed by atoms with Crippen molar-refractivity contribution in [3.63, 3.8) is 0 Å². The highest BCUT2D eigenvalue weighted by Crippen LogP contribution is 2.25. The van der Waals surface area contributed by atoms with Gasteiger partial charge in [0.05, 0.1) is 5.56 Å². The fraction of sp³-hybridized carbons (Fsp3) is 0.167. The summed E-state index contributed by atoms with van der Waals surface area (Å²) in [4.78, 5) is 27.9. The second kappa shape index (κ2) is 8.69. The normalized spacial score (nSPS) is 13.7. The molecule has 1 saturated heterocycles. The molecule has 0 unspecified atom stereocenters. The Balaban J connectivity index is 1.35. The van der Waals surface area contributed by atoms with Gasteiger partial charge in [0.15, 0.2) is 0 Å². The molecular formula is C24H22N2O4. The van der Waals surface area contributed by atoms with Gasteiger partial charge < -0.3 is 19.6 Å². The number of para-hydroxylation sites is 1. The first kappa shape index (κ1) is 19.5. The zero-order valence-electron chi connectivity index (χ0n) is 16.4. The van der Waals surface area contributed by atoms with Crippen LogP contribution in [0.4, 0.5) is 5.69 Å². The molecule has 6 nitrogen and oxygen atoms in total. The van der Waals surface area contributed by atoms with E-state index >= 15 is 0 Å². The quantitative estimate of drug-likeness (QED) is 0.695. The lowest BCUT2D eigenvalue weighted by molar-refractivity contribution is 0.0697. The lowest BCUT2D eigenvalue weighted by Gasteiger charge is -2.36. The van der Waals surface area contributed by atoms with Crippen molar-refractivity contribution < 1.29 is 19.4 Å². The lowest BCUT2D eigenvalue weighted by Crippen LogP contribution is -2.48. The van der Waals surface area contributed by atoms with E-state index in [-0.39, 0.29) is 11.5 Å². The Kier molecular flexibility index (Phi) is 5.66. The summed E-state index contributed by atoms with van der Waals surface area (Å²) in [6.07, 6.45) is 0. The third-order valence-corrected chi connectivity index (χ3v) is 5.10. The second-order valence-electron chi connectivity index (χ2n) is 7.07. The molecule has 4 rings (SSSR count). The fourth-order valence-electron chi connectivity index (χ4n) is 3.49. The van der Waals surface area contributed by atoms with Crippen molar-refractivity contribution in [2.45, 2.75) is 0 Å². The molecular weight excluding hydrogens is 380 g/mol. The van der Waals surface area contributed by atoms with Gasteiger partial charge in [0.1, 0.15) is 11.5 Å². The lowest BCUT2D eigenvalue weighted by atomic mass is 10.1. The molecule has 1 heterocycles. The smallest absolute Gasteiger partial charge is 0.335 e. The fourth-order valence-corrected chi connectivity index (χ4v) is 3.49. The second-order valence-corrected chi connectivity index (χ2v) is 7.07. The predicted molar refractivity (Wildman–Crippen MR) is 114 cm³/mol. The Bertz CT molecular complexity index is 1030. The number of ether oxygens (including phenoxy) is 1. The van der Waals surface area contributed by atoms with Crippen LogP contribution in [0.15, 0.2) is 78.9 Å². The minimum atomic E-state index is -1.03. The minimum absolute atomic E-state index is 0.122. The van der Waals surface area contributed by atoms with Gasteiger partial charge in [-0.2, -0.15) is 0 Å². The number of carbonyl (C=O) groups excluding carboxylic acids is 1. The maximum absolute atomic E-state index is 12.7. The number of carboxylic acids is 1. The zero-order chi connectivity index (χ0) is 20.9. The van der Waals surface area contributed by atoms with E-state index in [1.807, 2.05) is 54.6 Å². The standard InChI is InChI=1S/C24H22N2O4/c27-23(18-5-4-6-19(17-18)24(28)29)26-15-13-25(14-16-26)20-9-11-22(12-10-20)30-21-7-2-1-3-8-21/h1-12,17H,13-16H2,(H,28,29). The highest BCUT2D eigenvalue weighted by atomic mass is 16.5. The van der Waals surface area contributed by atoms with Gasteiger partial charge in [0, 0.05) is 37.4 Å². The highest BCUT2D eigenvalue weighted by Gasteiger charge is 2.23. The van der Waals surface area contributed by atoms with Crippen LogP contribution in [0.3, 0.4) is 0 Å². The topological polar surface area (TPSA) is 70.1 Å². The summed E-state index contributed by atoms with van der Waals surface area (Å²) in [6, 6.07) is 23.7. The number of rotatable bonds is 5. The molecule has 1 amide bonds. The molecule has 0 bridgehead atoms. The molecule has 152 valence electrons. The average molecular weight is 402 g/mol. The van der Waals surface area contributed by atoms with E-state index < -0.39 is 5.97 Å². The number of benzene rings is 3. The molecule has 0 saturated carbocycles. The Labute approximate surface area is 174 Å².